The molecule has 2 aromatic carbocycles. The highest BCUT2D eigenvalue weighted by Gasteiger charge is 2.40. The quantitative estimate of drug-likeness (QED) is 0.645. The molecule has 0 saturated heterocycles. The molecule has 1 aromatic heterocycles. The lowest BCUT2D eigenvalue weighted by Crippen LogP contribution is -2.23. The number of fused-ring (bicyclic) bond motifs is 1. The molecule has 1 amide bonds. The molecule has 1 aliphatic rings. The van der Waals surface area contributed by atoms with Crippen molar-refractivity contribution in [3.8, 4) is 0 Å². The van der Waals surface area contributed by atoms with Crippen molar-refractivity contribution in [3.63, 3.8) is 0 Å². The van der Waals surface area contributed by atoms with Gasteiger partial charge < -0.3 is 0 Å². The molecule has 0 spiro atoms. The van der Waals surface area contributed by atoms with Gasteiger partial charge in [-0.15, -0.1) is 11.8 Å². The zero-order chi connectivity index (χ0) is 16.5. The van der Waals surface area contributed by atoms with Crippen molar-refractivity contribution in [1.82, 2.24) is 4.98 Å². The van der Waals surface area contributed by atoms with E-state index in [1.54, 1.807) is 11.1 Å². The first kappa shape index (κ1) is 15.2. The number of para-hydroxylation sites is 1. The van der Waals surface area contributed by atoms with Crippen molar-refractivity contribution < 1.29 is 4.79 Å². The van der Waals surface area contributed by atoms with Crippen molar-refractivity contribution in [2.45, 2.75) is 10.1 Å². The largest absolute Gasteiger partial charge is 0.272 e. The Labute approximate surface area is 149 Å². The summed E-state index contributed by atoms with van der Waals surface area (Å²) in [7, 11) is 0. The summed E-state index contributed by atoms with van der Waals surface area (Å²) in [5.41, 5.74) is 1.74. The number of pyridine rings is 1. The van der Waals surface area contributed by atoms with Gasteiger partial charge in [0.1, 0.15) is 11.1 Å². The van der Waals surface area contributed by atoms with E-state index >= 15 is 0 Å². The SMILES string of the molecule is O=C1C(Sc2ccccc2Cl)c2cccnc2N1c1ccccc1. The molecule has 24 heavy (non-hydrogen) atoms. The van der Waals surface area contributed by atoms with Crippen LogP contribution in [0.25, 0.3) is 0 Å². The fourth-order valence-corrected chi connectivity index (χ4v) is 4.14. The van der Waals surface area contributed by atoms with E-state index in [0.717, 1.165) is 16.1 Å². The van der Waals surface area contributed by atoms with Crippen LogP contribution in [0.15, 0.2) is 77.8 Å². The molecule has 0 bridgehead atoms. The first-order valence-corrected chi connectivity index (χ1v) is 8.76. The van der Waals surface area contributed by atoms with Gasteiger partial charge in [0, 0.05) is 16.7 Å². The van der Waals surface area contributed by atoms with Crippen LogP contribution in [0.4, 0.5) is 11.5 Å². The van der Waals surface area contributed by atoms with Crippen molar-refractivity contribution in [1.29, 1.82) is 0 Å². The number of halogens is 1. The summed E-state index contributed by atoms with van der Waals surface area (Å²) in [6.45, 7) is 0. The summed E-state index contributed by atoms with van der Waals surface area (Å²) >= 11 is 7.73. The van der Waals surface area contributed by atoms with Crippen LogP contribution in [0.5, 0.6) is 0 Å². The van der Waals surface area contributed by atoms with E-state index in [0.29, 0.717) is 10.8 Å². The fourth-order valence-electron chi connectivity index (χ4n) is 2.76. The molecule has 0 saturated carbocycles. The number of aromatic nitrogens is 1. The lowest BCUT2D eigenvalue weighted by Gasteiger charge is -2.17. The van der Waals surface area contributed by atoms with E-state index in [9.17, 15) is 4.79 Å². The Morgan fingerprint density at radius 3 is 2.50 bits per heavy atom. The van der Waals surface area contributed by atoms with Crippen LogP contribution in [0.3, 0.4) is 0 Å². The molecule has 0 N–H and O–H groups in total. The fraction of sp³-hybridized carbons (Fsp3) is 0.0526. The van der Waals surface area contributed by atoms with Gasteiger partial charge in [-0.1, -0.05) is 48.0 Å². The van der Waals surface area contributed by atoms with Crippen molar-refractivity contribution >= 4 is 40.8 Å². The number of carbonyl (C=O) groups excluding carboxylic acids is 1. The highest BCUT2D eigenvalue weighted by molar-refractivity contribution is 8.00. The third-order valence-electron chi connectivity index (χ3n) is 3.85. The first-order valence-electron chi connectivity index (χ1n) is 7.51. The molecule has 1 aliphatic heterocycles. The molecule has 118 valence electrons. The summed E-state index contributed by atoms with van der Waals surface area (Å²) in [5.74, 6) is 0.693. The Balaban J connectivity index is 1.77. The predicted molar refractivity (Wildman–Crippen MR) is 97.9 cm³/mol. The van der Waals surface area contributed by atoms with Crippen molar-refractivity contribution in [3.05, 3.63) is 83.5 Å². The lowest BCUT2D eigenvalue weighted by molar-refractivity contribution is -0.116. The van der Waals surface area contributed by atoms with Gasteiger partial charge in [-0.05, 0) is 30.3 Å². The molecule has 3 aromatic rings. The van der Waals surface area contributed by atoms with Crippen LogP contribution < -0.4 is 4.90 Å². The molecule has 4 rings (SSSR count). The third-order valence-corrected chi connectivity index (χ3v) is 5.59. The average molecular weight is 353 g/mol. The Kier molecular flexibility index (Phi) is 4.00. The monoisotopic (exact) mass is 352 g/mol. The number of carbonyl (C=O) groups is 1. The normalized spacial score (nSPS) is 16.3. The van der Waals surface area contributed by atoms with E-state index in [1.807, 2.05) is 66.7 Å². The Morgan fingerprint density at radius 1 is 0.958 bits per heavy atom. The highest BCUT2D eigenvalue weighted by atomic mass is 35.5. The smallest absolute Gasteiger partial charge is 0.250 e. The van der Waals surface area contributed by atoms with Crippen LogP contribution in [0, 0.1) is 0 Å². The van der Waals surface area contributed by atoms with E-state index < -0.39 is 0 Å². The summed E-state index contributed by atoms with van der Waals surface area (Å²) in [5, 5.41) is 0.299. The minimum absolute atomic E-state index is 0.000167. The van der Waals surface area contributed by atoms with E-state index in [4.69, 9.17) is 11.6 Å². The first-order chi connectivity index (χ1) is 11.8. The topological polar surface area (TPSA) is 33.2 Å². The maximum absolute atomic E-state index is 13.1. The third kappa shape index (κ3) is 2.58. The van der Waals surface area contributed by atoms with E-state index in [2.05, 4.69) is 4.98 Å². The zero-order valence-electron chi connectivity index (χ0n) is 12.6. The van der Waals surface area contributed by atoms with E-state index in [1.165, 1.54) is 11.8 Å². The second kappa shape index (κ2) is 6.30. The number of hydrogen-bond donors (Lipinski definition) is 0. The second-order valence-corrected chi connectivity index (χ2v) is 6.91. The zero-order valence-corrected chi connectivity index (χ0v) is 14.2. The van der Waals surface area contributed by atoms with Gasteiger partial charge in [-0.25, -0.2) is 4.98 Å². The maximum atomic E-state index is 13.1. The van der Waals surface area contributed by atoms with Crippen LogP contribution in [0.1, 0.15) is 10.8 Å². The van der Waals surface area contributed by atoms with Crippen LogP contribution in [0.2, 0.25) is 5.02 Å². The Hall–Kier alpha value is -2.30. The van der Waals surface area contributed by atoms with Gasteiger partial charge in [0.25, 0.3) is 5.91 Å². The second-order valence-electron chi connectivity index (χ2n) is 5.35. The number of rotatable bonds is 3. The standard InChI is InChI=1S/C19H13ClN2OS/c20-15-10-4-5-11-16(15)24-17-14-9-6-12-21-18(14)22(19(17)23)13-7-2-1-3-8-13/h1-12,17H. The molecule has 0 fully saturated rings. The van der Waals surface area contributed by atoms with Crippen LogP contribution in [-0.4, -0.2) is 10.9 Å². The van der Waals surface area contributed by atoms with Gasteiger partial charge >= 0.3 is 0 Å². The Bertz CT molecular complexity index is 901. The minimum Gasteiger partial charge on any atom is -0.272 e. The molecule has 1 unspecified atom stereocenters. The minimum atomic E-state index is -0.353. The summed E-state index contributed by atoms with van der Waals surface area (Å²) in [6, 6.07) is 21.0. The highest BCUT2D eigenvalue weighted by Crippen LogP contribution is 2.49. The van der Waals surface area contributed by atoms with Gasteiger partial charge in [0.05, 0.1) is 10.7 Å². The molecule has 3 nitrogen and oxygen atoms in total. The van der Waals surface area contributed by atoms with Gasteiger partial charge in [-0.2, -0.15) is 0 Å². The van der Waals surface area contributed by atoms with Gasteiger partial charge in [0.2, 0.25) is 0 Å². The lowest BCUT2D eigenvalue weighted by atomic mass is 10.2. The predicted octanol–water partition coefficient (Wildman–Crippen LogP) is 5.25. The van der Waals surface area contributed by atoms with Gasteiger partial charge in [0.15, 0.2) is 0 Å². The molecule has 2 heterocycles. The molecular weight excluding hydrogens is 340 g/mol. The Morgan fingerprint density at radius 2 is 1.71 bits per heavy atom. The van der Waals surface area contributed by atoms with Crippen molar-refractivity contribution in [2.75, 3.05) is 4.90 Å². The summed E-state index contributed by atoms with van der Waals surface area (Å²) < 4.78 is 0. The molecule has 1 atom stereocenters. The number of amides is 1. The molecule has 0 aliphatic carbocycles. The number of anilines is 2. The maximum Gasteiger partial charge on any atom is 0.250 e. The molecule has 5 heteroatoms. The number of hydrogen-bond acceptors (Lipinski definition) is 3. The van der Waals surface area contributed by atoms with Gasteiger partial charge in [-0.3, -0.25) is 9.69 Å². The molecular formula is C19H13ClN2OS. The van der Waals surface area contributed by atoms with E-state index in [-0.39, 0.29) is 11.2 Å². The number of benzene rings is 2. The summed E-state index contributed by atoms with van der Waals surface area (Å²) in [4.78, 5) is 20.1. The number of thioether (sulfide) groups is 1. The average Bonchev–Trinajstić information content (AvgIpc) is 2.90. The van der Waals surface area contributed by atoms with Crippen LogP contribution >= 0.6 is 23.4 Å². The van der Waals surface area contributed by atoms with Crippen molar-refractivity contribution in [2.24, 2.45) is 0 Å². The summed E-state index contributed by atoms with van der Waals surface area (Å²) in [6.07, 6.45) is 1.71. The number of nitrogens with zero attached hydrogens (tertiary/aromatic N) is 2. The molecule has 0 radical (unpaired) electrons. The van der Waals surface area contributed by atoms with Crippen LogP contribution in [-0.2, 0) is 4.79 Å².